The van der Waals surface area contributed by atoms with E-state index < -0.39 is 0 Å². The Morgan fingerprint density at radius 3 is 2.76 bits per heavy atom. The highest BCUT2D eigenvalue weighted by molar-refractivity contribution is 5.53. The Bertz CT molecular complexity index is 639. The second-order valence-corrected chi connectivity index (χ2v) is 5.63. The summed E-state index contributed by atoms with van der Waals surface area (Å²) in [6.45, 7) is 5.01. The quantitative estimate of drug-likeness (QED) is 0.916. The molecule has 110 valence electrons. The molecule has 1 heterocycles. The highest BCUT2D eigenvalue weighted by atomic mass is 16.5. The van der Waals surface area contributed by atoms with E-state index in [1.165, 1.54) is 5.56 Å². The lowest BCUT2D eigenvalue weighted by atomic mass is 9.91. The van der Waals surface area contributed by atoms with E-state index in [1.54, 1.807) is 7.11 Å². The van der Waals surface area contributed by atoms with Crippen LogP contribution in [0.15, 0.2) is 42.5 Å². The van der Waals surface area contributed by atoms with Crippen molar-refractivity contribution in [2.24, 2.45) is 5.92 Å². The maximum atomic E-state index is 5.80. The Labute approximate surface area is 125 Å². The molecule has 1 N–H and O–H groups in total. The van der Waals surface area contributed by atoms with Crippen molar-refractivity contribution >= 4 is 5.69 Å². The SMILES string of the molecule is COc1ccc(NC2c3ccccc3OCC2C)cc1C. The van der Waals surface area contributed by atoms with Gasteiger partial charge in [-0.3, -0.25) is 0 Å². The standard InChI is InChI=1S/C18H21NO2/c1-12-10-14(8-9-16(12)20-3)19-18-13(2)11-21-17-7-5-4-6-15(17)18/h4-10,13,18-19H,11H2,1-3H3. The molecule has 3 heteroatoms. The number of anilines is 1. The third-order valence-corrected chi connectivity index (χ3v) is 4.04. The van der Waals surface area contributed by atoms with Crippen LogP contribution in [0.4, 0.5) is 5.69 Å². The summed E-state index contributed by atoms with van der Waals surface area (Å²) in [5.74, 6) is 2.32. The molecular formula is C18H21NO2. The smallest absolute Gasteiger partial charge is 0.124 e. The molecule has 0 amide bonds. The van der Waals surface area contributed by atoms with Crippen molar-refractivity contribution < 1.29 is 9.47 Å². The summed E-state index contributed by atoms with van der Waals surface area (Å²) in [5, 5.41) is 3.64. The van der Waals surface area contributed by atoms with Crippen LogP contribution in [-0.4, -0.2) is 13.7 Å². The van der Waals surface area contributed by atoms with Gasteiger partial charge in [0.1, 0.15) is 11.5 Å². The summed E-state index contributed by atoms with van der Waals surface area (Å²) < 4.78 is 11.1. The van der Waals surface area contributed by atoms with Crippen LogP contribution in [0.3, 0.4) is 0 Å². The number of nitrogens with one attached hydrogen (secondary N) is 1. The summed E-state index contributed by atoms with van der Waals surface area (Å²) in [7, 11) is 1.70. The van der Waals surface area contributed by atoms with Crippen LogP contribution >= 0.6 is 0 Å². The summed E-state index contributed by atoms with van der Waals surface area (Å²) in [6, 6.07) is 14.7. The number of rotatable bonds is 3. The van der Waals surface area contributed by atoms with Crippen molar-refractivity contribution in [3.63, 3.8) is 0 Å². The zero-order valence-corrected chi connectivity index (χ0v) is 12.7. The number of fused-ring (bicyclic) bond motifs is 1. The second kappa shape index (κ2) is 5.68. The molecule has 1 aliphatic rings. The number of benzene rings is 2. The number of ether oxygens (including phenoxy) is 2. The molecule has 0 fully saturated rings. The van der Waals surface area contributed by atoms with Gasteiger partial charge in [0.15, 0.2) is 0 Å². The van der Waals surface area contributed by atoms with E-state index >= 15 is 0 Å². The van der Waals surface area contributed by atoms with Crippen molar-refractivity contribution in [1.82, 2.24) is 0 Å². The number of methoxy groups -OCH3 is 1. The number of hydrogen-bond acceptors (Lipinski definition) is 3. The number of hydrogen-bond donors (Lipinski definition) is 1. The first-order chi connectivity index (χ1) is 10.2. The van der Waals surface area contributed by atoms with Crippen molar-refractivity contribution in [1.29, 1.82) is 0 Å². The summed E-state index contributed by atoms with van der Waals surface area (Å²) in [5.41, 5.74) is 3.47. The van der Waals surface area contributed by atoms with Crippen molar-refractivity contribution in [2.45, 2.75) is 19.9 Å². The van der Waals surface area contributed by atoms with Gasteiger partial charge < -0.3 is 14.8 Å². The fourth-order valence-electron chi connectivity index (χ4n) is 2.86. The molecule has 3 nitrogen and oxygen atoms in total. The van der Waals surface area contributed by atoms with E-state index in [4.69, 9.17) is 9.47 Å². The van der Waals surface area contributed by atoms with Gasteiger partial charge in [-0.25, -0.2) is 0 Å². The van der Waals surface area contributed by atoms with Crippen molar-refractivity contribution in [2.75, 3.05) is 19.0 Å². The molecule has 0 aromatic heterocycles. The van der Waals surface area contributed by atoms with Crippen LogP contribution in [0.25, 0.3) is 0 Å². The third kappa shape index (κ3) is 2.68. The average molecular weight is 283 g/mol. The van der Waals surface area contributed by atoms with Gasteiger partial charge in [-0.1, -0.05) is 25.1 Å². The minimum Gasteiger partial charge on any atom is -0.496 e. The van der Waals surface area contributed by atoms with Gasteiger partial charge in [-0.15, -0.1) is 0 Å². The van der Waals surface area contributed by atoms with Gasteiger partial charge in [0, 0.05) is 17.2 Å². The zero-order valence-electron chi connectivity index (χ0n) is 12.7. The number of aryl methyl sites for hydroxylation is 1. The molecule has 0 saturated carbocycles. The summed E-state index contributed by atoms with van der Waals surface area (Å²) >= 11 is 0. The van der Waals surface area contributed by atoms with E-state index in [2.05, 4.69) is 43.4 Å². The topological polar surface area (TPSA) is 30.5 Å². The van der Waals surface area contributed by atoms with E-state index in [0.29, 0.717) is 5.92 Å². The molecule has 0 spiro atoms. The Morgan fingerprint density at radius 1 is 1.19 bits per heavy atom. The Kier molecular flexibility index (Phi) is 3.74. The van der Waals surface area contributed by atoms with E-state index in [0.717, 1.165) is 29.4 Å². The normalized spacial score (nSPS) is 20.3. The lowest BCUT2D eigenvalue weighted by molar-refractivity contribution is 0.214. The van der Waals surface area contributed by atoms with Crippen LogP contribution in [-0.2, 0) is 0 Å². The van der Waals surface area contributed by atoms with Gasteiger partial charge in [-0.05, 0) is 36.8 Å². The highest BCUT2D eigenvalue weighted by Gasteiger charge is 2.27. The highest BCUT2D eigenvalue weighted by Crippen LogP contribution is 2.37. The predicted molar refractivity (Wildman–Crippen MR) is 85.2 cm³/mol. The molecule has 0 saturated heterocycles. The maximum absolute atomic E-state index is 5.80. The average Bonchev–Trinajstić information content (AvgIpc) is 2.50. The first kappa shape index (κ1) is 13.8. The first-order valence-corrected chi connectivity index (χ1v) is 7.32. The van der Waals surface area contributed by atoms with E-state index in [9.17, 15) is 0 Å². The monoisotopic (exact) mass is 283 g/mol. The molecular weight excluding hydrogens is 262 g/mol. The fraction of sp³-hybridized carbons (Fsp3) is 0.333. The summed E-state index contributed by atoms with van der Waals surface area (Å²) in [6.07, 6.45) is 0. The van der Waals surface area contributed by atoms with Crippen molar-refractivity contribution in [3.8, 4) is 11.5 Å². The van der Waals surface area contributed by atoms with E-state index in [1.807, 2.05) is 18.2 Å². The maximum Gasteiger partial charge on any atom is 0.124 e. The molecule has 0 bridgehead atoms. The fourth-order valence-corrected chi connectivity index (χ4v) is 2.86. The molecule has 0 radical (unpaired) electrons. The molecule has 3 rings (SSSR count). The van der Waals surface area contributed by atoms with Gasteiger partial charge in [0.05, 0.1) is 19.8 Å². The van der Waals surface area contributed by atoms with Crippen LogP contribution in [0, 0.1) is 12.8 Å². The lowest BCUT2D eigenvalue weighted by Crippen LogP contribution is -2.28. The zero-order chi connectivity index (χ0) is 14.8. The van der Waals surface area contributed by atoms with E-state index in [-0.39, 0.29) is 6.04 Å². The Balaban J connectivity index is 1.89. The second-order valence-electron chi connectivity index (χ2n) is 5.63. The Morgan fingerprint density at radius 2 is 2.00 bits per heavy atom. The Hall–Kier alpha value is -2.16. The van der Waals surface area contributed by atoms with Crippen LogP contribution in [0.1, 0.15) is 24.1 Å². The predicted octanol–water partition coefficient (Wildman–Crippen LogP) is 4.19. The van der Waals surface area contributed by atoms with Crippen LogP contribution in [0.2, 0.25) is 0 Å². The minimum absolute atomic E-state index is 0.266. The molecule has 21 heavy (non-hydrogen) atoms. The molecule has 0 aliphatic carbocycles. The molecule has 1 aliphatic heterocycles. The lowest BCUT2D eigenvalue weighted by Gasteiger charge is -2.33. The third-order valence-electron chi connectivity index (χ3n) is 4.04. The molecule has 2 aromatic rings. The largest absolute Gasteiger partial charge is 0.496 e. The number of para-hydroxylation sites is 1. The van der Waals surface area contributed by atoms with Gasteiger partial charge in [0.2, 0.25) is 0 Å². The minimum atomic E-state index is 0.266. The van der Waals surface area contributed by atoms with Crippen LogP contribution < -0.4 is 14.8 Å². The van der Waals surface area contributed by atoms with Gasteiger partial charge >= 0.3 is 0 Å². The van der Waals surface area contributed by atoms with Crippen LogP contribution in [0.5, 0.6) is 11.5 Å². The van der Waals surface area contributed by atoms with Gasteiger partial charge in [-0.2, -0.15) is 0 Å². The molecule has 2 aromatic carbocycles. The first-order valence-electron chi connectivity index (χ1n) is 7.32. The summed E-state index contributed by atoms with van der Waals surface area (Å²) in [4.78, 5) is 0. The van der Waals surface area contributed by atoms with Crippen molar-refractivity contribution in [3.05, 3.63) is 53.6 Å². The molecule has 2 unspecified atom stereocenters. The molecule has 2 atom stereocenters. The van der Waals surface area contributed by atoms with Gasteiger partial charge in [0.25, 0.3) is 0 Å².